The molecule has 0 heterocycles. The number of carbonyl (C=O) groups excluding carboxylic acids is 1. The van der Waals surface area contributed by atoms with Gasteiger partial charge in [-0.05, 0) is 49.2 Å². The maximum absolute atomic E-state index is 12.7. The highest BCUT2D eigenvalue weighted by Crippen LogP contribution is 2.25. The van der Waals surface area contributed by atoms with E-state index >= 15 is 0 Å². The number of benzene rings is 2. The van der Waals surface area contributed by atoms with E-state index in [4.69, 9.17) is 11.6 Å². The quantitative estimate of drug-likeness (QED) is 0.796. The summed E-state index contributed by atoms with van der Waals surface area (Å²) in [4.78, 5) is 12.8. The average Bonchev–Trinajstić information content (AvgIpc) is 2.60. The number of rotatable bonds is 6. The Balaban J connectivity index is 2.41. The van der Waals surface area contributed by atoms with Gasteiger partial charge in [-0.1, -0.05) is 37.6 Å². The van der Waals surface area contributed by atoms with Crippen molar-refractivity contribution in [1.29, 1.82) is 0 Å². The molecule has 0 saturated carbocycles. The molecule has 0 radical (unpaired) electrons. The van der Waals surface area contributed by atoms with Crippen LogP contribution in [0, 0.1) is 13.8 Å². The molecule has 7 heteroatoms. The van der Waals surface area contributed by atoms with Crippen molar-refractivity contribution in [2.24, 2.45) is 0 Å². The van der Waals surface area contributed by atoms with Crippen LogP contribution in [-0.2, 0) is 10.0 Å². The van der Waals surface area contributed by atoms with Gasteiger partial charge >= 0.3 is 0 Å². The van der Waals surface area contributed by atoms with Crippen LogP contribution >= 0.6 is 11.6 Å². The van der Waals surface area contributed by atoms with Crippen LogP contribution in [0.1, 0.15) is 35.3 Å². The smallest absolute Gasteiger partial charge is 0.255 e. The second-order valence-corrected chi connectivity index (χ2v) is 8.28. The molecule has 0 atom stereocenters. The molecule has 1 N–H and O–H groups in total. The van der Waals surface area contributed by atoms with E-state index in [-0.39, 0.29) is 10.8 Å². The third kappa shape index (κ3) is 4.09. The number of anilines is 1. The maximum Gasteiger partial charge on any atom is 0.255 e. The van der Waals surface area contributed by atoms with Gasteiger partial charge in [-0.15, -0.1) is 0 Å². The molecule has 0 fully saturated rings. The van der Waals surface area contributed by atoms with Gasteiger partial charge in [0, 0.05) is 29.4 Å². The van der Waals surface area contributed by atoms with Crippen LogP contribution in [0.4, 0.5) is 5.69 Å². The minimum atomic E-state index is -3.63. The first-order valence-corrected chi connectivity index (χ1v) is 10.2. The number of hydrogen-bond donors (Lipinski definition) is 1. The molecule has 0 aliphatic heterocycles. The Morgan fingerprint density at radius 3 is 2.38 bits per heavy atom. The highest BCUT2D eigenvalue weighted by molar-refractivity contribution is 7.89. The SMILES string of the molecule is CCN(CC)S(=O)(=O)c1ccc(C)c(C(=O)Nc2cccc(Cl)c2C)c1. The number of aryl methyl sites for hydroxylation is 1. The van der Waals surface area contributed by atoms with Crippen LogP contribution in [0.2, 0.25) is 5.02 Å². The molecule has 2 aromatic carbocycles. The lowest BCUT2D eigenvalue weighted by Gasteiger charge is -2.19. The fraction of sp³-hybridized carbons (Fsp3) is 0.316. The van der Waals surface area contributed by atoms with Crippen molar-refractivity contribution in [2.75, 3.05) is 18.4 Å². The lowest BCUT2D eigenvalue weighted by atomic mass is 10.1. The number of carbonyl (C=O) groups is 1. The van der Waals surface area contributed by atoms with Gasteiger partial charge in [0.15, 0.2) is 0 Å². The van der Waals surface area contributed by atoms with Crippen molar-refractivity contribution in [1.82, 2.24) is 4.31 Å². The number of nitrogens with zero attached hydrogens (tertiary/aromatic N) is 1. The summed E-state index contributed by atoms with van der Waals surface area (Å²) >= 11 is 6.09. The van der Waals surface area contributed by atoms with Crippen molar-refractivity contribution in [3.63, 3.8) is 0 Å². The van der Waals surface area contributed by atoms with Crippen molar-refractivity contribution in [3.05, 3.63) is 58.1 Å². The summed E-state index contributed by atoms with van der Waals surface area (Å²) in [6.45, 7) is 7.89. The predicted octanol–water partition coefficient (Wildman–Crippen LogP) is 4.24. The summed E-state index contributed by atoms with van der Waals surface area (Å²) in [6.07, 6.45) is 0. The van der Waals surface area contributed by atoms with Crippen LogP contribution in [0.5, 0.6) is 0 Å². The zero-order valence-corrected chi connectivity index (χ0v) is 16.9. The minimum Gasteiger partial charge on any atom is -0.322 e. The molecule has 0 aromatic heterocycles. The molecule has 0 aliphatic carbocycles. The van der Waals surface area contributed by atoms with Crippen LogP contribution in [-0.4, -0.2) is 31.7 Å². The number of nitrogens with one attached hydrogen (secondary N) is 1. The van der Waals surface area contributed by atoms with E-state index in [9.17, 15) is 13.2 Å². The van der Waals surface area contributed by atoms with Crippen LogP contribution < -0.4 is 5.32 Å². The first-order chi connectivity index (χ1) is 12.2. The minimum absolute atomic E-state index is 0.111. The van der Waals surface area contributed by atoms with Crippen LogP contribution in [0.25, 0.3) is 0 Å². The molecule has 0 spiro atoms. The van der Waals surface area contributed by atoms with Gasteiger partial charge in [-0.3, -0.25) is 4.79 Å². The van der Waals surface area contributed by atoms with E-state index in [0.717, 1.165) is 5.56 Å². The molecule has 0 aliphatic rings. The lowest BCUT2D eigenvalue weighted by molar-refractivity contribution is 0.102. The fourth-order valence-corrected chi connectivity index (χ4v) is 4.31. The van der Waals surface area contributed by atoms with Gasteiger partial charge in [0.2, 0.25) is 10.0 Å². The Bertz CT molecular complexity index is 922. The first kappa shape index (κ1) is 20.4. The van der Waals surface area contributed by atoms with Gasteiger partial charge in [-0.25, -0.2) is 8.42 Å². The molecule has 5 nitrogen and oxygen atoms in total. The second kappa shape index (κ2) is 8.20. The van der Waals surface area contributed by atoms with Gasteiger partial charge in [-0.2, -0.15) is 4.31 Å². The number of sulfonamides is 1. The molecule has 2 rings (SSSR count). The summed E-state index contributed by atoms with van der Waals surface area (Å²) < 4.78 is 26.8. The predicted molar refractivity (Wildman–Crippen MR) is 105 cm³/mol. The largest absolute Gasteiger partial charge is 0.322 e. The van der Waals surface area contributed by atoms with E-state index < -0.39 is 10.0 Å². The molecule has 1 amide bonds. The van der Waals surface area contributed by atoms with E-state index in [1.807, 2.05) is 6.92 Å². The molecule has 140 valence electrons. The number of hydrogen-bond acceptors (Lipinski definition) is 3. The summed E-state index contributed by atoms with van der Waals surface area (Å²) in [5.41, 5.74) is 2.37. The fourth-order valence-electron chi connectivity index (χ4n) is 2.65. The maximum atomic E-state index is 12.7. The Kier molecular flexibility index (Phi) is 6.44. The van der Waals surface area contributed by atoms with E-state index in [1.54, 1.807) is 45.0 Å². The Hall–Kier alpha value is -1.89. The molecule has 26 heavy (non-hydrogen) atoms. The molecule has 0 unspecified atom stereocenters. The van der Waals surface area contributed by atoms with Crippen LogP contribution in [0.15, 0.2) is 41.3 Å². The highest BCUT2D eigenvalue weighted by Gasteiger charge is 2.23. The molecular formula is C19H23ClN2O3S. The van der Waals surface area contributed by atoms with E-state index in [2.05, 4.69) is 5.32 Å². The topological polar surface area (TPSA) is 66.5 Å². The van der Waals surface area contributed by atoms with Gasteiger partial charge in [0.25, 0.3) is 5.91 Å². The van der Waals surface area contributed by atoms with Crippen molar-refractivity contribution < 1.29 is 13.2 Å². The van der Waals surface area contributed by atoms with Gasteiger partial charge in [0.05, 0.1) is 4.90 Å². The standard InChI is InChI=1S/C19H23ClN2O3S/c1-5-22(6-2)26(24,25)15-11-10-13(3)16(12-15)19(23)21-18-9-7-8-17(20)14(18)4/h7-12H,5-6H2,1-4H3,(H,21,23). The van der Waals surface area contributed by atoms with Crippen molar-refractivity contribution in [3.8, 4) is 0 Å². The zero-order chi connectivity index (χ0) is 19.5. The third-order valence-corrected chi connectivity index (χ3v) is 6.77. The second-order valence-electron chi connectivity index (χ2n) is 5.93. The average molecular weight is 395 g/mol. The molecule has 0 bridgehead atoms. The lowest BCUT2D eigenvalue weighted by Crippen LogP contribution is -2.30. The summed E-state index contributed by atoms with van der Waals surface area (Å²) in [5, 5.41) is 3.37. The molecular weight excluding hydrogens is 372 g/mol. The van der Waals surface area contributed by atoms with E-state index in [0.29, 0.717) is 34.9 Å². The monoisotopic (exact) mass is 394 g/mol. The Labute approximate surface area is 160 Å². The summed E-state index contributed by atoms with van der Waals surface area (Å²) in [6, 6.07) is 9.86. The number of halogens is 1. The Morgan fingerprint density at radius 2 is 1.77 bits per heavy atom. The molecule has 2 aromatic rings. The van der Waals surface area contributed by atoms with Crippen LogP contribution in [0.3, 0.4) is 0 Å². The zero-order valence-electron chi connectivity index (χ0n) is 15.3. The van der Waals surface area contributed by atoms with Crippen molar-refractivity contribution >= 4 is 33.2 Å². The van der Waals surface area contributed by atoms with Gasteiger partial charge in [0.1, 0.15) is 0 Å². The third-order valence-electron chi connectivity index (χ3n) is 4.31. The highest BCUT2D eigenvalue weighted by atomic mass is 35.5. The van der Waals surface area contributed by atoms with E-state index in [1.165, 1.54) is 16.4 Å². The number of amides is 1. The Morgan fingerprint density at radius 1 is 1.12 bits per heavy atom. The summed E-state index contributed by atoms with van der Waals surface area (Å²) in [7, 11) is -3.63. The normalized spacial score (nSPS) is 11.6. The summed E-state index contributed by atoms with van der Waals surface area (Å²) in [5.74, 6) is -0.371. The van der Waals surface area contributed by atoms with Gasteiger partial charge < -0.3 is 5.32 Å². The first-order valence-electron chi connectivity index (χ1n) is 8.39. The van der Waals surface area contributed by atoms with Crippen molar-refractivity contribution in [2.45, 2.75) is 32.6 Å². The molecule has 0 saturated heterocycles.